The van der Waals surface area contributed by atoms with E-state index in [-0.39, 0.29) is 40.4 Å². The fourth-order valence-electron chi connectivity index (χ4n) is 9.43. The number of allylic oxidation sites excluding steroid dienone is 2. The van der Waals surface area contributed by atoms with Crippen LogP contribution < -0.4 is 0 Å². The first kappa shape index (κ1) is 27.6. The minimum absolute atomic E-state index is 0.0620. The van der Waals surface area contributed by atoms with Crippen LogP contribution in [0, 0.1) is 46.3 Å². The van der Waals surface area contributed by atoms with E-state index in [1.807, 2.05) is 28.1 Å². The predicted octanol–water partition coefficient (Wildman–Crippen LogP) is 6.79. The van der Waals surface area contributed by atoms with E-state index in [4.69, 9.17) is 4.74 Å². The lowest BCUT2D eigenvalue weighted by Gasteiger charge is -2.61. The molecule has 4 aliphatic rings. The molecule has 199 valence electrons. The van der Waals surface area contributed by atoms with Gasteiger partial charge in [0.15, 0.2) is 5.78 Å². The zero-order chi connectivity index (χ0) is 26.3. The average Bonchev–Trinajstić information content (AvgIpc) is 3.21. The Balaban J connectivity index is 1.55. The molecule has 4 rings (SSSR count). The van der Waals surface area contributed by atoms with Gasteiger partial charge in [0.1, 0.15) is 6.10 Å². The molecule has 4 nitrogen and oxygen atoms in total. The van der Waals surface area contributed by atoms with Crippen LogP contribution in [-0.2, 0) is 19.1 Å². The van der Waals surface area contributed by atoms with Crippen LogP contribution in [0.1, 0.15) is 106 Å². The van der Waals surface area contributed by atoms with Gasteiger partial charge < -0.3 is 9.53 Å². The Hall–Kier alpha value is -1.39. The molecule has 9 unspecified atom stereocenters. The second kappa shape index (κ2) is 10.8. The first-order valence-corrected chi connectivity index (χ1v) is 14.9. The number of ether oxygens (including phenoxy) is 1. The maximum Gasteiger partial charge on any atom is 0.305 e. The number of Topliss-reactive ketones (excluding diaryl/α,β-unsaturated/α-hetero) is 1. The van der Waals surface area contributed by atoms with Crippen molar-refractivity contribution in [2.75, 3.05) is 0 Å². The molecule has 0 amide bonds. The Morgan fingerprint density at radius 3 is 2.44 bits per heavy atom. The van der Waals surface area contributed by atoms with Crippen LogP contribution in [-0.4, -0.2) is 30.8 Å². The number of carbonyl (C=O) groups is 3. The molecule has 1 radical (unpaired) electrons. The minimum atomic E-state index is -0.125. The van der Waals surface area contributed by atoms with Crippen LogP contribution in [0.5, 0.6) is 0 Å². The van der Waals surface area contributed by atoms with Crippen LogP contribution >= 0.6 is 0 Å². The van der Waals surface area contributed by atoms with Crippen molar-refractivity contribution in [3.05, 3.63) is 11.6 Å². The summed E-state index contributed by atoms with van der Waals surface area (Å²) in [7, 11) is 1.82. The summed E-state index contributed by atoms with van der Waals surface area (Å²) in [6.45, 7) is 13.2. The summed E-state index contributed by atoms with van der Waals surface area (Å²) in [6.07, 6.45) is 12.2. The molecule has 0 aromatic heterocycles. The van der Waals surface area contributed by atoms with Crippen LogP contribution in [0.4, 0.5) is 0 Å². The lowest BCUT2D eigenvalue weighted by molar-refractivity contribution is -0.161. The average molecular weight is 496 g/mol. The standard InChI is InChI=1S/C31H48BO4/c1-7-21-25-18-20(36-27(34)8-2)14-16-31(25,6)24-15-17-30(5)22(11-12-23(30)28(24)29(21)35)19(4)10-13-26(33)32-9-3/h7,19-20,22-25,28H,8-18H2,1-6H3/b21-7-. The number of ketones is 1. The summed E-state index contributed by atoms with van der Waals surface area (Å²) in [5.74, 6) is 2.56. The number of rotatable bonds is 8. The molecular formula is C31H48BO4. The van der Waals surface area contributed by atoms with Crippen molar-refractivity contribution in [3.8, 4) is 0 Å². The van der Waals surface area contributed by atoms with E-state index < -0.39 is 0 Å². The molecule has 5 heteroatoms. The summed E-state index contributed by atoms with van der Waals surface area (Å²) in [6, 6.07) is 0. The Bertz CT molecular complexity index is 895. The molecular weight excluding hydrogens is 447 g/mol. The van der Waals surface area contributed by atoms with Crippen molar-refractivity contribution >= 4 is 24.7 Å². The van der Waals surface area contributed by atoms with E-state index in [0.717, 1.165) is 50.4 Å². The fraction of sp³-hybridized carbons (Fsp3) is 0.839. The van der Waals surface area contributed by atoms with Crippen LogP contribution in [0.15, 0.2) is 11.6 Å². The number of esters is 1. The third kappa shape index (κ3) is 4.66. The molecule has 4 saturated carbocycles. The molecule has 0 bridgehead atoms. The lowest BCUT2D eigenvalue weighted by Crippen LogP contribution is -2.58. The molecule has 4 fully saturated rings. The summed E-state index contributed by atoms with van der Waals surface area (Å²) >= 11 is 0. The van der Waals surface area contributed by atoms with Gasteiger partial charge in [-0.15, -0.1) is 0 Å². The smallest absolute Gasteiger partial charge is 0.305 e. The quantitative estimate of drug-likeness (QED) is 0.211. The van der Waals surface area contributed by atoms with E-state index in [2.05, 4.69) is 26.8 Å². The van der Waals surface area contributed by atoms with Gasteiger partial charge in [0, 0.05) is 12.3 Å². The van der Waals surface area contributed by atoms with Crippen molar-refractivity contribution < 1.29 is 19.1 Å². The van der Waals surface area contributed by atoms with Gasteiger partial charge in [-0.25, -0.2) is 0 Å². The lowest BCUT2D eigenvalue weighted by atomic mass is 9.43. The first-order valence-electron chi connectivity index (χ1n) is 14.9. The van der Waals surface area contributed by atoms with Gasteiger partial charge in [0.05, 0.1) is 5.68 Å². The zero-order valence-corrected chi connectivity index (χ0v) is 23.6. The largest absolute Gasteiger partial charge is 0.462 e. The molecule has 0 aromatic rings. The third-order valence-corrected chi connectivity index (χ3v) is 11.3. The highest BCUT2D eigenvalue weighted by atomic mass is 16.5. The van der Waals surface area contributed by atoms with E-state index >= 15 is 0 Å². The molecule has 4 aliphatic carbocycles. The molecule has 0 aromatic carbocycles. The molecule has 0 saturated heterocycles. The summed E-state index contributed by atoms with van der Waals surface area (Å²) in [4.78, 5) is 38.4. The van der Waals surface area contributed by atoms with Crippen molar-refractivity contribution in [2.45, 2.75) is 118 Å². The van der Waals surface area contributed by atoms with Gasteiger partial charge in [-0.3, -0.25) is 9.59 Å². The molecule has 36 heavy (non-hydrogen) atoms. The summed E-state index contributed by atoms with van der Waals surface area (Å²) in [5, 5.41) is 0. The fourth-order valence-corrected chi connectivity index (χ4v) is 9.43. The van der Waals surface area contributed by atoms with Crippen molar-refractivity contribution in [3.63, 3.8) is 0 Å². The molecule has 9 atom stereocenters. The maximum atomic E-state index is 14.2. The Morgan fingerprint density at radius 2 is 1.78 bits per heavy atom. The SMILES string of the molecule is C/C=C1\C(=O)C2C(CCC3(C)C(C(C)CCC(=O)[B]CC)CCC23)C2(C)CCC(OC(=O)CC)CC12. The number of hydrogen-bond donors (Lipinski definition) is 0. The van der Waals surface area contributed by atoms with E-state index in [1.54, 1.807) is 0 Å². The molecule has 0 spiro atoms. The number of hydrogen-bond acceptors (Lipinski definition) is 4. The van der Waals surface area contributed by atoms with Gasteiger partial charge >= 0.3 is 5.97 Å². The minimum Gasteiger partial charge on any atom is -0.462 e. The van der Waals surface area contributed by atoms with E-state index in [1.165, 1.54) is 12.8 Å². The van der Waals surface area contributed by atoms with Crippen LogP contribution in [0.2, 0.25) is 6.32 Å². The molecule has 0 N–H and O–H groups in total. The van der Waals surface area contributed by atoms with Gasteiger partial charge in [-0.2, -0.15) is 0 Å². The Morgan fingerprint density at radius 1 is 1.08 bits per heavy atom. The predicted molar refractivity (Wildman–Crippen MR) is 145 cm³/mol. The van der Waals surface area contributed by atoms with Crippen molar-refractivity contribution in [1.29, 1.82) is 0 Å². The Kier molecular flexibility index (Phi) is 8.27. The normalized spacial score (nSPS) is 41.7. The van der Waals surface area contributed by atoms with Crippen molar-refractivity contribution in [2.24, 2.45) is 46.3 Å². The topological polar surface area (TPSA) is 60.4 Å². The van der Waals surface area contributed by atoms with E-state index in [0.29, 0.717) is 42.3 Å². The van der Waals surface area contributed by atoms with Crippen LogP contribution in [0.3, 0.4) is 0 Å². The second-order valence-corrected chi connectivity index (χ2v) is 13.0. The van der Waals surface area contributed by atoms with Crippen molar-refractivity contribution in [1.82, 2.24) is 0 Å². The van der Waals surface area contributed by atoms with Gasteiger partial charge in [0.25, 0.3) is 0 Å². The maximum absolute atomic E-state index is 14.2. The highest BCUT2D eigenvalue weighted by molar-refractivity contribution is 6.73. The summed E-state index contributed by atoms with van der Waals surface area (Å²) in [5.41, 5.74) is 1.58. The van der Waals surface area contributed by atoms with Crippen LogP contribution in [0.25, 0.3) is 0 Å². The summed E-state index contributed by atoms with van der Waals surface area (Å²) < 4.78 is 5.78. The van der Waals surface area contributed by atoms with Gasteiger partial charge in [-0.1, -0.05) is 47.0 Å². The molecule has 0 heterocycles. The Labute approximate surface area is 220 Å². The highest BCUT2D eigenvalue weighted by Gasteiger charge is 2.64. The number of carbonyl (C=O) groups excluding carboxylic acids is 3. The second-order valence-electron chi connectivity index (χ2n) is 13.0. The van der Waals surface area contributed by atoms with E-state index in [9.17, 15) is 14.4 Å². The van der Waals surface area contributed by atoms with Gasteiger partial charge in [-0.05, 0) is 111 Å². The third-order valence-electron chi connectivity index (χ3n) is 11.3. The molecule has 0 aliphatic heterocycles. The zero-order valence-electron chi connectivity index (χ0n) is 23.6. The highest BCUT2D eigenvalue weighted by Crippen LogP contribution is 2.68. The number of fused-ring (bicyclic) bond motifs is 5. The van der Waals surface area contributed by atoms with Gasteiger partial charge in [0.2, 0.25) is 7.28 Å². The first-order chi connectivity index (χ1) is 17.1. The monoisotopic (exact) mass is 495 g/mol.